The van der Waals surface area contributed by atoms with Crippen molar-refractivity contribution in [2.24, 2.45) is 0 Å². The van der Waals surface area contributed by atoms with Crippen LogP contribution in [0.4, 0.5) is 20.3 Å². The summed E-state index contributed by atoms with van der Waals surface area (Å²) in [6, 6.07) is 11.5. The molecule has 214 valence electrons. The Kier molecular flexibility index (Phi) is 7.39. The number of nitrogens with one attached hydrogen (secondary N) is 2. The number of aromatic nitrogens is 4. The number of H-pyrrole nitrogens is 1. The van der Waals surface area contributed by atoms with E-state index in [4.69, 9.17) is 4.74 Å². The molecular weight excluding hydrogens is 528 g/mol. The number of alkyl halides is 2. The Hall–Kier alpha value is -3.96. The van der Waals surface area contributed by atoms with E-state index in [1.807, 2.05) is 55.1 Å². The summed E-state index contributed by atoms with van der Waals surface area (Å²) in [5.74, 6) is -2.07. The molecule has 2 aliphatic rings. The Balaban J connectivity index is 1.16. The SMILES string of the molecule is CC1CN(c2ccc(NC(=O)c3n[nH]c4ccc(-c5cncc(CN6CCC(F)(F)CC6)c5)cc34)cn2)CC(C)O1. The lowest BCUT2D eigenvalue weighted by Gasteiger charge is -2.36. The average Bonchev–Trinajstić information content (AvgIpc) is 3.38. The van der Waals surface area contributed by atoms with Gasteiger partial charge in [0.25, 0.3) is 11.8 Å². The minimum atomic E-state index is -2.57. The highest BCUT2D eigenvalue weighted by atomic mass is 19.3. The molecule has 41 heavy (non-hydrogen) atoms. The number of hydrogen-bond donors (Lipinski definition) is 2. The maximum atomic E-state index is 13.5. The predicted molar refractivity (Wildman–Crippen MR) is 153 cm³/mol. The maximum absolute atomic E-state index is 13.5. The number of nitrogens with zero attached hydrogens (tertiary/aromatic N) is 5. The van der Waals surface area contributed by atoms with Gasteiger partial charge in [-0.15, -0.1) is 0 Å². The van der Waals surface area contributed by atoms with Crippen molar-refractivity contribution >= 4 is 28.3 Å². The molecule has 2 fully saturated rings. The number of piperidine rings is 1. The van der Waals surface area contributed by atoms with E-state index in [9.17, 15) is 13.6 Å². The standard InChI is InChI=1S/C30H33F2N7O2/c1-19-16-39(17-20(2)41-19)27-6-4-24(15-34-27)35-29(40)28-25-12-22(3-5-26(25)36-37-28)23-11-21(13-33-14-23)18-38-9-7-30(31,32)8-10-38/h3-6,11-15,19-20H,7-10,16-18H2,1-2H3,(H,35,40)(H,36,37). The lowest BCUT2D eigenvalue weighted by Crippen LogP contribution is -2.45. The number of hydrogen-bond acceptors (Lipinski definition) is 7. The molecule has 6 rings (SSSR count). The number of halogens is 2. The van der Waals surface area contributed by atoms with E-state index in [1.54, 1.807) is 18.6 Å². The van der Waals surface area contributed by atoms with E-state index in [-0.39, 0.29) is 36.7 Å². The molecule has 0 saturated carbocycles. The lowest BCUT2D eigenvalue weighted by molar-refractivity contribution is -0.0566. The summed E-state index contributed by atoms with van der Waals surface area (Å²) >= 11 is 0. The van der Waals surface area contributed by atoms with Gasteiger partial charge in [-0.05, 0) is 55.3 Å². The van der Waals surface area contributed by atoms with Crippen molar-refractivity contribution in [3.63, 3.8) is 0 Å². The minimum Gasteiger partial charge on any atom is -0.372 e. The highest BCUT2D eigenvalue weighted by molar-refractivity contribution is 6.11. The summed E-state index contributed by atoms with van der Waals surface area (Å²) < 4.78 is 32.9. The molecule has 2 atom stereocenters. The normalized spacial score (nSPS) is 21.2. The van der Waals surface area contributed by atoms with E-state index >= 15 is 0 Å². The average molecular weight is 562 g/mol. The van der Waals surface area contributed by atoms with Crippen LogP contribution in [0.25, 0.3) is 22.0 Å². The van der Waals surface area contributed by atoms with Crippen LogP contribution in [-0.4, -0.2) is 75.3 Å². The zero-order valence-corrected chi connectivity index (χ0v) is 23.1. The van der Waals surface area contributed by atoms with Crippen LogP contribution in [0.15, 0.2) is 55.0 Å². The molecule has 5 heterocycles. The van der Waals surface area contributed by atoms with Crippen LogP contribution in [0.5, 0.6) is 0 Å². The number of pyridine rings is 2. The van der Waals surface area contributed by atoms with Crippen LogP contribution in [0.3, 0.4) is 0 Å². The molecule has 4 aromatic rings. The van der Waals surface area contributed by atoms with Crippen LogP contribution < -0.4 is 10.2 Å². The van der Waals surface area contributed by atoms with Gasteiger partial charge in [-0.25, -0.2) is 13.8 Å². The van der Waals surface area contributed by atoms with Crippen molar-refractivity contribution < 1.29 is 18.3 Å². The quantitative estimate of drug-likeness (QED) is 0.337. The van der Waals surface area contributed by atoms with Gasteiger partial charge in [-0.1, -0.05) is 6.07 Å². The number of amides is 1. The van der Waals surface area contributed by atoms with Crippen molar-refractivity contribution in [2.75, 3.05) is 36.4 Å². The number of benzene rings is 1. The Morgan fingerprint density at radius 2 is 1.83 bits per heavy atom. The topological polar surface area (TPSA) is 99.3 Å². The molecular formula is C30H33F2N7O2. The van der Waals surface area contributed by atoms with E-state index < -0.39 is 5.92 Å². The van der Waals surface area contributed by atoms with Gasteiger partial charge in [0.1, 0.15) is 5.82 Å². The molecule has 1 aromatic carbocycles. The number of carbonyl (C=O) groups excluding carboxylic acids is 1. The number of aromatic amines is 1. The summed E-state index contributed by atoms with van der Waals surface area (Å²) in [6.45, 7) is 6.91. The second-order valence-corrected chi connectivity index (χ2v) is 11.1. The molecule has 1 amide bonds. The molecule has 0 radical (unpaired) electrons. The first-order chi connectivity index (χ1) is 19.7. The molecule has 0 aliphatic carbocycles. The van der Waals surface area contributed by atoms with Crippen LogP contribution in [0, 0.1) is 0 Å². The Bertz CT molecular complexity index is 1520. The second-order valence-electron chi connectivity index (χ2n) is 11.1. The molecule has 11 heteroatoms. The van der Waals surface area contributed by atoms with E-state index in [2.05, 4.69) is 30.4 Å². The monoisotopic (exact) mass is 561 g/mol. The highest BCUT2D eigenvalue weighted by Gasteiger charge is 2.33. The van der Waals surface area contributed by atoms with Crippen LogP contribution in [0.1, 0.15) is 42.7 Å². The van der Waals surface area contributed by atoms with Gasteiger partial charge in [-0.3, -0.25) is 19.8 Å². The molecule has 2 aliphatic heterocycles. The number of likely N-dealkylation sites (tertiary alicyclic amines) is 1. The Labute approximate surface area is 236 Å². The summed E-state index contributed by atoms with van der Waals surface area (Å²) in [4.78, 5) is 26.4. The summed E-state index contributed by atoms with van der Waals surface area (Å²) in [7, 11) is 0. The highest BCUT2D eigenvalue weighted by Crippen LogP contribution is 2.30. The molecule has 2 N–H and O–H groups in total. The van der Waals surface area contributed by atoms with Crippen molar-refractivity contribution in [3.8, 4) is 11.1 Å². The van der Waals surface area contributed by atoms with E-state index in [0.717, 1.165) is 41.1 Å². The van der Waals surface area contributed by atoms with Crippen LogP contribution >= 0.6 is 0 Å². The minimum absolute atomic E-state index is 0.116. The number of anilines is 2. The van der Waals surface area contributed by atoms with E-state index in [0.29, 0.717) is 30.7 Å². The first-order valence-corrected chi connectivity index (χ1v) is 13.9. The number of fused-ring (bicyclic) bond motifs is 1. The first kappa shape index (κ1) is 27.2. The van der Waals surface area contributed by atoms with Crippen molar-refractivity contribution in [2.45, 2.75) is 51.4 Å². The molecule has 0 bridgehead atoms. The Morgan fingerprint density at radius 1 is 1.05 bits per heavy atom. The first-order valence-electron chi connectivity index (χ1n) is 13.9. The van der Waals surface area contributed by atoms with E-state index in [1.165, 1.54) is 0 Å². The summed E-state index contributed by atoms with van der Waals surface area (Å²) in [5, 5.41) is 10.8. The largest absolute Gasteiger partial charge is 0.372 e. The number of morpholine rings is 1. The fourth-order valence-corrected chi connectivity index (χ4v) is 5.60. The van der Waals surface area contributed by atoms with Crippen molar-refractivity contribution in [1.82, 2.24) is 25.1 Å². The van der Waals surface area contributed by atoms with Gasteiger partial charge in [0.05, 0.1) is 29.6 Å². The van der Waals surface area contributed by atoms with Gasteiger partial charge >= 0.3 is 0 Å². The second kappa shape index (κ2) is 11.1. The van der Waals surface area contributed by atoms with Crippen LogP contribution in [-0.2, 0) is 11.3 Å². The Morgan fingerprint density at radius 3 is 2.56 bits per heavy atom. The molecule has 0 spiro atoms. The van der Waals surface area contributed by atoms with Gasteiger partial charge in [-0.2, -0.15) is 5.10 Å². The maximum Gasteiger partial charge on any atom is 0.276 e. The molecule has 9 nitrogen and oxygen atoms in total. The third kappa shape index (κ3) is 6.20. The van der Waals surface area contributed by atoms with Gasteiger partial charge in [0.15, 0.2) is 5.69 Å². The predicted octanol–water partition coefficient (Wildman–Crippen LogP) is 5.12. The smallest absolute Gasteiger partial charge is 0.276 e. The number of rotatable bonds is 6. The molecule has 2 unspecified atom stereocenters. The number of carbonyl (C=O) groups is 1. The zero-order chi connectivity index (χ0) is 28.6. The molecule has 3 aromatic heterocycles. The van der Waals surface area contributed by atoms with Gasteiger partial charge in [0, 0.05) is 68.9 Å². The van der Waals surface area contributed by atoms with Crippen molar-refractivity contribution in [3.05, 3.63) is 66.2 Å². The third-order valence-corrected chi connectivity index (χ3v) is 7.65. The number of ether oxygens (including phenoxy) is 1. The van der Waals surface area contributed by atoms with Crippen molar-refractivity contribution in [1.29, 1.82) is 0 Å². The lowest BCUT2D eigenvalue weighted by atomic mass is 10.0. The summed E-state index contributed by atoms with van der Waals surface area (Å²) in [6.07, 6.45) is 5.20. The van der Waals surface area contributed by atoms with Gasteiger partial charge < -0.3 is 15.0 Å². The zero-order valence-electron chi connectivity index (χ0n) is 23.1. The van der Waals surface area contributed by atoms with Crippen LogP contribution in [0.2, 0.25) is 0 Å². The fourth-order valence-electron chi connectivity index (χ4n) is 5.60. The summed E-state index contributed by atoms with van der Waals surface area (Å²) in [5.41, 5.74) is 4.31. The van der Waals surface area contributed by atoms with Gasteiger partial charge in [0.2, 0.25) is 0 Å². The fraction of sp³-hybridized carbons (Fsp3) is 0.400. The molecule has 2 saturated heterocycles. The third-order valence-electron chi connectivity index (χ3n) is 7.65.